The fourth-order valence-electron chi connectivity index (χ4n) is 3.46. The topological polar surface area (TPSA) is 66.5 Å². The van der Waals surface area contributed by atoms with Crippen LogP contribution in [-0.2, 0) is 0 Å². The van der Waals surface area contributed by atoms with Crippen molar-refractivity contribution >= 4 is 28.7 Å². The number of rotatable bonds is 6. The quantitative estimate of drug-likeness (QED) is 0.641. The number of aromatic nitrogens is 1. The Hall–Kier alpha value is -3.54. The zero-order valence-electron chi connectivity index (χ0n) is 16.4. The van der Waals surface area contributed by atoms with Gasteiger partial charge < -0.3 is 20.3 Å². The van der Waals surface area contributed by atoms with Gasteiger partial charge in [-0.15, -0.1) is 0 Å². The van der Waals surface area contributed by atoms with Crippen LogP contribution in [0.3, 0.4) is 0 Å². The average Bonchev–Trinajstić information content (AvgIpc) is 3.30. The molecule has 1 aliphatic heterocycles. The number of hydrogen-bond acceptors (Lipinski definition) is 5. The molecule has 2 heterocycles. The van der Waals surface area contributed by atoms with Crippen molar-refractivity contribution < 1.29 is 9.53 Å². The van der Waals surface area contributed by atoms with Gasteiger partial charge in [-0.05, 0) is 61.4 Å². The number of benzene rings is 2. The van der Waals surface area contributed by atoms with Crippen molar-refractivity contribution in [1.29, 1.82) is 0 Å². The van der Waals surface area contributed by atoms with E-state index in [1.807, 2.05) is 54.6 Å². The summed E-state index contributed by atoms with van der Waals surface area (Å²) in [6.07, 6.45) is 4.09. The van der Waals surface area contributed by atoms with Gasteiger partial charge in [-0.25, -0.2) is 0 Å². The molecule has 2 aromatic carbocycles. The monoisotopic (exact) mass is 388 g/mol. The molecule has 1 aliphatic rings. The van der Waals surface area contributed by atoms with Crippen LogP contribution in [0.1, 0.15) is 23.3 Å². The minimum atomic E-state index is -0.248. The first-order chi connectivity index (χ1) is 14.2. The van der Waals surface area contributed by atoms with Crippen molar-refractivity contribution in [3.63, 3.8) is 0 Å². The summed E-state index contributed by atoms with van der Waals surface area (Å²) in [5, 5.41) is 6.19. The van der Waals surface area contributed by atoms with Gasteiger partial charge in [-0.1, -0.05) is 12.1 Å². The molecule has 1 aromatic heterocycles. The largest absolute Gasteiger partial charge is 0.495 e. The maximum Gasteiger partial charge on any atom is 0.274 e. The number of carbonyl (C=O) groups is 1. The first-order valence-corrected chi connectivity index (χ1v) is 9.75. The van der Waals surface area contributed by atoms with E-state index in [1.165, 1.54) is 18.5 Å². The van der Waals surface area contributed by atoms with E-state index in [9.17, 15) is 4.79 Å². The number of amides is 1. The summed E-state index contributed by atoms with van der Waals surface area (Å²) < 4.78 is 5.36. The van der Waals surface area contributed by atoms with Crippen LogP contribution in [0.4, 0.5) is 22.7 Å². The molecule has 0 spiro atoms. The second kappa shape index (κ2) is 8.65. The van der Waals surface area contributed by atoms with E-state index in [0.717, 1.165) is 35.9 Å². The molecule has 4 rings (SSSR count). The Balaban J connectivity index is 1.44. The van der Waals surface area contributed by atoms with Crippen molar-refractivity contribution in [3.05, 3.63) is 72.6 Å². The molecule has 1 amide bonds. The summed E-state index contributed by atoms with van der Waals surface area (Å²) in [5.74, 6) is 0.482. The molecule has 148 valence electrons. The highest BCUT2D eigenvalue weighted by molar-refractivity contribution is 6.03. The lowest BCUT2D eigenvalue weighted by Crippen LogP contribution is -2.17. The third-order valence-electron chi connectivity index (χ3n) is 4.97. The van der Waals surface area contributed by atoms with E-state index in [1.54, 1.807) is 19.4 Å². The number of carbonyl (C=O) groups excluding carboxylic acids is 1. The number of pyridine rings is 1. The van der Waals surface area contributed by atoms with Crippen LogP contribution in [0.2, 0.25) is 0 Å². The number of nitrogens with zero attached hydrogens (tertiary/aromatic N) is 2. The second-order valence-electron chi connectivity index (χ2n) is 6.95. The van der Waals surface area contributed by atoms with E-state index in [-0.39, 0.29) is 5.91 Å². The number of para-hydroxylation sites is 2. The fraction of sp³-hybridized carbons (Fsp3) is 0.217. The summed E-state index contributed by atoms with van der Waals surface area (Å²) in [6.45, 7) is 2.20. The average molecular weight is 388 g/mol. The van der Waals surface area contributed by atoms with Crippen LogP contribution in [0, 0.1) is 0 Å². The number of ether oxygens (including phenoxy) is 1. The Morgan fingerprint density at radius 1 is 1.00 bits per heavy atom. The highest BCUT2D eigenvalue weighted by atomic mass is 16.5. The van der Waals surface area contributed by atoms with Gasteiger partial charge >= 0.3 is 0 Å². The van der Waals surface area contributed by atoms with Crippen molar-refractivity contribution in [2.75, 3.05) is 35.7 Å². The van der Waals surface area contributed by atoms with Crippen LogP contribution in [0.15, 0.2) is 66.9 Å². The summed E-state index contributed by atoms with van der Waals surface area (Å²) in [6, 6.07) is 19.1. The summed E-state index contributed by atoms with van der Waals surface area (Å²) >= 11 is 0. The van der Waals surface area contributed by atoms with E-state index < -0.39 is 0 Å². The van der Waals surface area contributed by atoms with Crippen LogP contribution in [0.5, 0.6) is 5.75 Å². The minimum absolute atomic E-state index is 0.248. The second-order valence-corrected chi connectivity index (χ2v) is 6.95. The molecule has 0 bridgehead atoms. The van der Waals surface area contributed by atoms with Gasteiger partial charge in [-0.2, -0.15) is 0 Å². The number of hydrogen-bond donors (Lipinski definition) is 2. The van der Waals surface area contributed by atoms with Crippen LogP contribution in [0.25, 0.3) is 0 Å². The SMILES string of the molecule is COc1ccccc1Nc1ccnc(C(=O)Nc2ccc(N3CCCC3)cc2)c1. The molecular weight excluding hydrogens is 364 g/mol. The smallest absolute Gasteiger partial charge is 0.274 e. The Bertz CT molecular complexity index is 982. The molecule has 1 saturated heterocycles. The molecule has 0 unspecified atom stereocenters. The van der Waals surface area contributed by atoms with Crippen molar-refractivity contribution in [2.24, 2.45) is 0 Å². The lowest BCUT2D eigenvalue weighted by molar-refractivity contribution is 0.102. The molecule has 0 radical (unpaired) electrons. The van der Waals surface area contributed by atoms with Gasteiger partial charge in [0.25, 0.3) is 5.91 Å². The Morgan fingerprint density at radius 2 is 1.76 bits per heavy atom. The summed E-state index contributed by atoms with van der Waals surface area (Å²) in [4.78, 5) is 19.2. The molecule has 3 aromatic rings. The molecule has 6 nitrogen and oxygen atoms in total. The highest BCUT2D eigenvalue weighted by Gasteiger charge is 2.13. The summed E-state index contributed by atoms with van der Waals surface area (Å²) in [5.41, 5.74) is 3.88. The first-order valence-electron chi connectivity index (χ1n) is 9.75. The lowest BCUT2D eigenvalue weighted by Gasteiger charge is -2.17. The minimum Gasteiger partial charge on any atom is -0.495 e. The van der Waals surface area contributed by atoms with E-state index in [0.29, 0.717) is 5.69 Å². The van der Waals surface area contributed by atoms with E-state index in [4.69, 9.17) is 4.74 Å². The zero-order chi connectivity index (χ0) is 20.1. The predicted octanol–water partition coefficient (Wildman–Crippen LogP) is 4.69. The molecule has 2 N–H and O–H groups in total. The zero-order valence-corrected chi connectivity index (χ0v) is 16.4. The molecule has 6 heteroatoms. The first kappa shape index (κ1) is 18.8. The number of methoxy groups -OCH3 is 1. The lowest BCUT2D eigenvalue weighted by atomic mass is 10.2. The molecular formula is C23H24N4O2. The predicted molar refractivity (Wildman–Crippen MR) is 116 cm³/mol. The standard InChI is InChI=1S/C23H24N4O2/c1-29-22-7-3-2-6-20(22)25-18-12-13-24-21(16-18)23(28)26-17-8-10-19(11-9-17)27-14-4-5-15-27/h2-3,6-13,16H,4-5,14-15H2,1H3,(H,24,25)(H,26,28). The van der Waals surface area contributed by atoms with Gasteiger partial charge in [-0.3, -0.25) is 9.78 Å². The van der Waals surface area contributed by atoms with E-state index >= 15 is 0 Å². The highest BCUT2D eigenvalue weighted by Crippen LogP contribution is 2.27. The fourth-order valence-corrected chi connectivity index (χ4v) is 3.46. The molecule has 0 atom stereocenters. The van der Waals surface area contributed by atoms with Gasteiger partial charge in [0.15, 0.2) is 0 Å². The number of nitrogens with one attached hydrogen (secondary N) is 2. The van der Waals surface area contributed by atoms with Crippen LogP contribution < -0.4 is 20.3 Å². The molecule has 0 saturated carbocycles. The molecule has 1 fully saturated rings. The third kappa shape index (κ3) is 4.48. The van der Waals surface area contributed by atoms with Crippen molar-refractivity contribution in [3.8, 4) is 5.75 Å². The maximum absolute atomic E-state index is 12.6. The van der Waals surface area contributed by atoms with Gasteiger partial charge in [0, 0.05) is 36.3 Å². The Kier molecular flexibility index (Phi) is 5.61. The van der Waals surface area contributed by atoms with Crippen LogP contribution in [-0.4, -0.2) is 31.1 Å². The maximum atomic E-state index is 12.6. The summed E-state index contributed by atoms with van der Waals surface area (Å²) in [7, 11) is 1.63. The van der Waals surface area contributed by atoms with Gasteiger partial charge in [0.1, 0.15) is 11.4 Å². The normalized spacial score (nSPS) is 13.2. The van der Waals surface area contributed by atoms with Crippen molar-refractivity contribution in [2.45, 2.75) is 12.8 Å². The van der Waals surface area contributed by atoms with Crippen LogP contribution >= 0.6 is 0 Å². The number of anilines is 4. The Morgan fingerprint density at radius 3 is 2.52 bits per heavy atom. The van der Waals surface area contributed by atoms with Gasteiger partial charge in [0.05, 0.1) is 12.8 Å². The molecule has 29 heavy (non-hydrogen) atoms. The van der Waals surface area contributed by atoms with Crippen molar-refractivity contribution in [1.82, 2.24) is 4.98 Å². The van der Waals surface area contributed by atoms with Gasteiger partial charge in [0.2, 0.25) is 0 Å². The molecule has 0 aliphatic carbocycles. The Labute approximate surface area is 170 Å². The van der Waals surface area contributed by atoms with E-state index in [2.05, 4.69) is 20.5 Å². The third-order valence-corrected chi connectivity index (χ3v) is 4.97.